The number of hydrogen-bond acceptors (Lipinski definition) is 4. The van der Waals surface area contributed by atoms with Crippen molar-refractivity contribution >= 4 is 0 Å². The molecule has 86 valence electrons. The van der Waals surface area contributed by atoms with Crippen LogP contribution in [0, 0.1) is 0 Å². The fourth-order valence-corrected chi connectivity index (χ4v) is 1.50. The first-order valence-corrected chi connectivity index (χ1v) is 5.29. The number of rotatable bonds is 6. The highest BCUT2D eigenvalue weighted by Crippen LogP contribution is 2.02. The molecule has 5 heteroatoms. The third-order valence-electron chi connectivity index (χ3n) is 2.44. The largest absolute Gasteiger partial charge is 0.317 e. The second-order valence-corrected chi connectivity index (χ2v) is 4.17. The van der Waals surface area contributed by atoms with Gasteiger partial charge in [0.25, 0.3) is 0 Å². The van der Waals surface area contributed by atoms with E-state index in [0.29, 0.717) is 6.04 Å². The van der Waals surface area contributed by atoms with Crippen molar-refractivity contribution in [3.8, 4) is 0 Å². The van der Waals surface area contributed by atoms with Crippen LogP contribution < -0.4 is 5.32 Å². The van der Waals surface area contributed by atoms with Crippen LogP contribution in [-0.4, -0.2) is 53.6 Å². The summed E-state index contributed by atoms with van der Waals surface area (Å²) in [5, 5.41) is 11.3. The molecule has 0 aliphatic rings. The quantitative estimate of drug-likeness (QED) is 0.713. The zero-order valence-electron chi connectivity index (χ0n) is 10.1. The predicted octanol–water partition coefficient (Wildman–Crippen LogP) is -0.103. The van der Waals surface area contributed by atoms with E-state index in [1.54, 1.807) is 4.68 Å². The smallest absolute Gasteiger partial charge is 0.0842 e. The van der Waals surface area contributed by atoms with Gasteiger partial charge in [0.1, 0.15) is 0 Å². The lowest BCUT2D eigenvalue weighted by Crippen LogP contribution is -2.31. The Balaban J connectivity index is 2.39. The van der Waals surface area contributed by atoms with Crippen molar-refractivity contribution in [3.05, 3.63) is 11.9 Å². The van der Waals surface area contributed by atoms with Crippen LogP contribution in [0.25, 0.3) is 0 Å². The molecule has 0 saturated carbocycles. The van der Waals surface area contributed by atoms with Gasteiger partial charge in [0.2, 0.25) is 0 Å². The molecular weight excluding hydrogens is 190 g/mol. The van der Waals surface area contributed by atoms with Gasteiger partial charge in [-0.1, -0.05) is 5.21 Å². The van der Waals surface area contributed by atoms with E-state index in [4.69, 9.17) is 0 Å². The van der Waals surface area contributed by atoms with Crippen LogP contribution in [-0.2, 0) is 13.5 Å². The number of hydrogen-bond donors (Lipinski definition) is 1. The van der Waals surface area contributed by atoms with Gasteiger partial charge in [-0.05, 0) is 34.1 Å². The van der Waals surface area contributed by atoms with Crippen molar-refractivity contribution in [1.82, 2.24) is 25.2 Å². The molecule has 0 fully saturated rings. The van der Waals surface area contributed by atoms with Crippen molar-refractivity contribution in [1.29, 1.82) is 0 Å². The van der Waals surface area contributed by atoms with Crippen molar-refractivity contribution in [3.63, 3.8) is 0 Å². The predicted molar refractivity (Wildman–Crippen MR) is 60.7 cm³/mol. The molecule has 1 N–H and O–H groups in total. The van der Waals surface area contributed by atoms with Gasteiger partial charge in [-0.15, -0.1) is 5.10 Å². The Kier molecular flexibility index (Phi) is 4.71. The number of nitrogens with zero attached hydrogens (tertiary/aromatic N) is 4. The van der Waals surface area contributed by atoms with Crippen LogP contribution >= 0.6 is 0 Å². The monoisotopic (exact) mass is 211 g/mol. The van der Waals surface area contributed by atoms with Crippen molar-refractivity contribution in [2.24, 2.45) is 7.05 Å². The van der Waals surface area contributed by atoms with E-state index < -0.39 is 0 Å². The zero-order valence-corrected chi connectivity index (χ0v) is 10.1. The zero-order chi connectivity index (χ0) is 11.3. The van der Waals surface area contributed by atoms with Gasteiger partial charge in [0.15, 0.2) is 0 Å². The fraction of sp³-hybridized carbons (Fsp3) is 0.800. The molecule has 0 spiro atoms. The Morgan fingerprint density at radius 1 is 1.53 bits per heavy atom. The third kappa shape index (κ3) is 4.40. The van der Waals surface area contributed by atoms with Crippen LogP contribution in [0.15, 0.2) is 6.20 Å². The molecule has 0 amide bonds. The number of nitrogens with one attached hydrogen (secondary N) is 1. The topological polar surface area (TPSA) is 46.0 Å². The van der Waals surface area contributed by atoms with E-state index in [1.807, 2.05) is 20.3 Å². The molecule has 0 saturated heterocycles. The van der Waals surface area contributed by atoms with Gasteiger partial charge >= 0.3 is 0 Å². The van der Waals surface area contributed by atoms with E-state index in [-0.39, 0.29) is 0 Å². The van der Waals surface area contributed by atoms with Crippen LogP contribution in [0.3, 0.4) is 0 Å². The minimum atomic E-state index is 0.476. The highest BCUT2D eigenvalue weighted by atomic mass is 15.4. The van der Waals surface area contributed by atoms with E-state index in [9.17, 15) is 0 Å². The normalized spacial score (nSPS) is 13.4. The van der Waals surface area contributed by atoms with Crippen LogP contribution in [0.5, 0.6) is 0 Å². The first-order valence-electron chi connectivity index (χ1n) is 5.29. The highest BCUT2D eigenvalue weighted by molar-refractivity contribution is 4.95. The second kappa shape index (κ2) is 5.82. The average Bonchev–Trinajstić information content (AvgIpc) is 2.58. The molecule has 0 aliphatic heterocycles. The minimum Gasteiger partial charge on any atom is -0.317 e. The lowest BCUT2D eigenvalue weighted by atomic mass is 10.1. The maximum absolute atomic E-state index is 4.09. The maximum Gasteiger partial charge on any atom is 0.0842 e. The molecule has 1 aromatic heterocycles. The summed E-state index contributed by atoms with van der Waals surface area (Å²) >= 11 is 0. The highest BCUT2D eigenvalue weighted by Gasteiger charge is 2.09. The van der Waals surface area contributed by atoms with Gasteiger partial charge in [-0.3, -0.25) is 4.68 Å². The molecule has 1 heterocycles. The van der Waals surface area contributed by atoms with Gasteiger partial charge in [-0.2, -0.15) is 0 Å². The summed E-state index contributed by atoms with van der Waals surface area (Å²) in [5.41, 5.74) is 1.05. The molecule has 1 unspecified atom stereocenters. The van der Waals surface area contributed by atoms with Gasteiger partial charge in [-0.25, -0.2) is 0 Å². The molecule has 0 radical (unpaired) electrons. The molecule has 0 aliphatic carbocycles. The minimum absolute atomic E-state index is 0.476. The van der Waals surface area contributed by atoms with Gasteiger partial charge in [0, 0.05) is 25.7 Å². The Labute approximate surface area is 91.5 Å². The summed E-state index contributed by atoms with van der Waals surface area (Å²) in [5.74, 6) is 0. The fourth-order valence-electron chi connectivity index (χ4n) is 1.50. The molecule has 5 nitrogen and oxygen atoms in total. The van der Waals surface area contributed by atoms with Crippen molar-refractivity contribution < 1.29 is 0 Å². The lowest BCUT2D eigenvalue weighted by molar-refractivity contribution is 0.363. The van der Waals surface area contributed by atoms with Gasteiger partial charge < -0.3 is 10.2 Å². The molecule has 0 bridgehead atoms. The summed E-state index contributed by atoms with van der Waals surface area (Å²) in [7, 11) is 8.07. The molecule has 0 aromatic carbocycles. The summed E-state index contributed by atoms with van der Waals surface area (Å²) in [6.07, 6.45) is 4.04. The Bertz CT molecular complexity index is 281. The summed E-state index contributed by atoms with van der Waals surface area (Å²) < 4.78 is 1.74. The standard InChI is InChI=1S/C10H21N5/c1-11-9(5-6-14(2)3)7-10-8-15(4)13-12-10/h8-9,11H,5-7H2,1-4H3. The summed E-state index contributed by atoms with van der Waals surface area (Å²) in [4.78, 5) is 2.20. The first kappa shape index (κ1) is 12.1. The van der Waals surface area contributed by atoms with E-state index in [2.05, 4.69) is 34.6 Å². The number of aromatic nitrogens is 3. The number of likely N-dealkylation sites (N-methyl/N-ethyl adjacent to an activating group) is 1. The first-order chi connectivity index (χ1) is 7.11. The lowest BCUT2D eigenvalue weighted by Gasteiger charge is -2.17. The van der Waals surface area contributed by atoms with Gasteiger partial charge in [0.05, 0.1) is 5.69 Å². The van der Waals surface area contributed by atoms with E-state index in [1.165, 1.54) is 0 Å². The van der Waals surface area contributed by atoms with Crippen molar-refractivity contribution in [2.75, 3.05) is 27.7 Å². The Morgan fingerprint density at radius 2 is 2.27 bits per heavy atom. The molecule has 1 rings (SSSR count). The molecule has 1 atom stereocenters. The van der Waals surface area contributed by atoms with E-state index >= 15 is 0 Å². The average molecular weight is 211 g/mol. The molecule has 1 aromatic rings. The Hall–Kier alpha value is -0.940. The summed E-state index contributed by atoms with van der Waals surface area (Å²) in [6.45, 7) is 1.09. The third-order valence-corrected chi connectivity index (χ3v) is 2.44. The van der Waals surface area contributed by atoms with E-state index in [0.717, 1.165) is 25.1 Å². The van der Waals surface area contributed by atoms with Crippen LogP contribution in [0.1, 0.15) is 12.1 Å². The number of aryl methyl sites for hydroxylation is 1. The molecule has 15 heavy (non-hydrogen) atoms. The molecular formula is C10H21N5. The van der Waals surface area contributed by atoms with Crippen LogP contribution in [0.4, 0.5) is 0 Å². The van der Waals surface area contributed by atoms with Crippen molar-refractivity contribution in [2.45, 2.75) is 18.9 Å². The second-order valence-electron chi connectivity index (χ2n) is 4.17. The summed E-state index contributed by atoms with van der Waals surface area (Å²) in [6, 6.07) is 0.476. The SMILES string of the molecule is CNC(CCN(C)C)Cc1cn(C)nn1. The Morgan fingerprint density at radius 3 is 2.73 bits per heavy atom. The van der Waals surface area contributed by atoms with Crippen LogP contribution in [0.2, 0.25) is 0 Å². The maximum atomic E-state index is 4.09.